The van der Waals surface area contributed by atoms with E-state index in [4.69, 9.17) is 17.4 Å². The third-order valence-corrected chi connectivity index (χ3v) is 3.17. The van der Waals surface area contributed by atoms with Gasteiger partial charge in [-0.15, -0.1) is 0 Å². The van der Waals surface area contributed by atoms with E-state index in [0.717, 1.165) is 18.4 Å². The highest BCUT2D eigenvalue weighted by molar-refractivity contribution is 6.29. The third kappa shape index (κ3) is 3.07. The number of hydrogen-bond donors (Lipinski definition) is 2. The maximum absolute atomic E-state index is 5.88. The highest BCUT2D eigenvalue weighted by Crippen LogP contribution is 2.20. The molecule has 0 saturated carbocycles. The third-order valence-electron chi connectivity index (χ3n) is 2.97. The number of halogens is 1. The monoisotopic (exact) mass is 265 g/mol. The fraction of sp³-hybridized carbons (Fsp3) is 0.333. The molecule has 6 heteroatoms. The van der Waals surface area contributed by atoms with Gasteiger partial charge in [0.2, 0.25) is 0 Å². The Labute approximate surface area is 111 Å². The summed E-state index contributed by atoms with van der Waals surface area (Å²) in [6, 6.07) is 5.81. The Morgan fingerprint density at radius 3 is 2.89 bits per heavy atom. The van der Waals surface area contributed by atoms with E-state index in [9.17, 15) is 0 Å². The van der Waals surface area contributed by atoms with Gasteiger partial charge in [-0.3, -0.25) is 16.0 Å². The molecule has 2 heterocycles. The second-order valence-corrected chi connectivity index (χ2v) is 4.50. The molecule has 0 aliphatic carbocycles. The van der Waals surface area contributed by atoms with Crippen molar-refractivity contribution in [1.82, 2.24) is 20.2 Å². The standard InChI is InChI=1S/C12H16ClN5/c1-18-10(5-7-16-18)2-3-11(17-14)9-4-6-15-12(13)8-9/h4-8,11,17H,2-3,14H2,1H3. The highest BCUT2D eigenvalue weighted by atomic mass is 35.5. The van der Waals surface area contributed by atoms with Crippen LogP contribution in [0.3, 0.4) is 0 Å². The number of nitrogens with two attached hydrogens (primary N) is 1. The molecule has 3 N–H and O–H groups in total. The second kappa shape index (κ2) is 5.95. The zero-order valence-corrected chi connectivity index (χ0v) is 10.9. The van der Waals surface area contributed by atoms with E-state index in [0.29, 0.717) is 5.15 Å². The molecular formula is C12H16ClN5. The maximum atomic E-state index is 5.88. The lowest BCUT2D eigenvalue weighted by atomic mass is 10.0. The Morgan fingerprint density at radius 2 is 2.28 bits per heavy atom. The van der Waals surface area contributed by atoms with Crippen LogP contribution in [0, 0.1) is 0 Å². The first kappa shape index (κ1) is 13.0. The van der Waals surface area contributed by atoms with Crippen molar-refractivity contribution in [3.63, 3.8) is 0 Å². The van der Waals surface area contributed by atoms with Gasteiger partial charge < -0.3 is 0 Å². The van der Waals surface area contributed by atoms with E-state index in [-0.39, 0.29) is 6.04 Å². The van der Waals surface area contributed by atoms with Crippen molar-refractivity contribution in [2.24, 2.45) is 12.9 Å². The molecule has 0 amide bonds. The van der Waals surface area contributed by atoms with E-state index in [2.05, 4.69) is 15.5 Å². The number of hydrogen-bond acceptors (Lipinski definition) is 4. The Morgan fingerprint density at radius 1 is 1.44 bits per heavy atom. The molecule has 5 nitrogen and oxygen atoms in total. The van der Waals surface area contributed by atoms with E-state index < -0.39 is 0 Å². The van der Waals surface area contributed by atoms with Gasteiger partial charge in [-0.05, 0) is 36.6 Å². The number of pyridine rings is 1. The van der Waals surface area contributed by atoms with Gasteiger partial charge in [0.25, 0.3) is 0 Å². The van der Waals surface area contributed by atoms with Crippen molar-refractivity contribution in [2.45, 2.75) is 18.9 Å². The molecule has 0 radical (unpaired) electrons. The summed E-state index contributed by atoms with van der Waals surface area (Å²) < 4.78 is 1.87. The minimum Gasteiger partial charge on any atom is -0.273 e. The van der Waals surface area contributed by atoms with Crippen molar-refractivity contribution in [2.75, 3.05) is 0 Å². The molecule has 96 valence electrons. The Hall–Kier alpha value is -1.43. The largest absolute Gasteiger partial charge is 0.273 e. The SMILES string of the molecule is Cn1nccc1CCC(NN)c1ccnc(Cl)c1. The number of nitrogens with one attached hydrogen (secondary N) is 1. The molecule has 2 rings (SSSR count). The van der Waals surface area contributed by atoms with Crippen molar-refractivity contribution in [3.05, 3.63) is 47.0 Å². The smallest absolute Gasteiger partial charge is 0.129 e. The van der Waals surface area contributed by atoms with Crippen LogP contribution >= 0.6 is 11.6 Å². The van der Waals surface area contributed by atoms with Crippen LogP contribution in [0.25, 0.3) is 0 Å². The van der Waals surface area contributed by atoms with E-state index >= 15 is 0 Å². The van der Waals surface area contributed by atoms with E-state index in [1.165, 1.54) is 5.69 Å². The Kier molecular flexibility index (Phi) is 4.30. The number of rotatable bonds is 5. The van der Waals surface area contributed by atoms with Crippen LogP contribution in [0.15, 0.2) is 30.6 Å². The first-order valence-corrected chi connectivity index (χ1v) is 6.13. The Balaban J connectivity index is 2.04. The summed E-state index contributed by atoms with van der Waals surface area (Å²) in [6.07, 6.45) is 5.25. The molecule has 2 aromatic heterocycles. The van der Waals surface area contributed by atoms with Gasteiger partial charge in [0.05, 0.1) is 0 Å². The van der Waals surface area contributed by atoms with Crippen molar-refractivity contribution >= 4 is 11.6 Å². The van der Waals surface area contributed by atoms with Crippen LogP contribution in [0.5, 0.6) is 0 Å². The van der Waals surface area contributed by atoms with Gasteiger partial charge in [-0.2, -0.15) is 5.10 Å². The molecule has 0 saturated heterocycles. The fourth-order valence-corrected chi connectivity index (χ4v) is 2.10. The first-order chi connectivity index (χ1) is 8.70. The van der Waals surface area contributed by atoms with Gasteiger partial charge in [-0.25, -0.2) is 4.98 Å². The summed E-state index contributed by atoms with van der Waals surface area (Å²) in [6.45, 7) is 0. The number of nitrogens with zero attached hydrogens (tertiary/aromatic N) is 3. The first-order valence-electron chi connectivity index (χ1n) is 5.75. The zero-order chi connectivity index (χ0) is 13.0. The molecule has 0 aliphatic rings. The van der Waals surface area contributed by atoms with Gasteiger partial charge >= 0.3 is 0 Å². The molecule has 0 aromatic carbocycles. The molecule has 18 heavy (non-hydrogen) atoms. The molecule has 1 atom stereocenters. The summed E-state index contributed by atoms with van der Waals surface area (Å²) in [4.78, 5) is 3.96. The molecule has 1 unspecified atom stereocenters. The van der Waals surface area contributed by atoms with Crippen LogP contribution in [0.2, 0.25) is 5.15 Å². The molecule has 0 spiro atoms. The quantitative estimate of drug-likeness (QED) is 0.490. The highest BCUT2D eigenvalue weighted by Gasteiger charge is 2.11. The lowest BCUT2D eigenvalue weighted by Crippen LogP contribution is -2.28. The van der Waals surface area contributed by atoms with Crippen LogP contribution in [-0.4, -0.2) is 14.8 Å². The second-order valence-electron chi connectivity index (χ2n) is 4.12. The molecule has 0 fully saturated rings. The molecule has 0 bridgehead atoms. The van der Waals surface area contributed by atoms with Gasteiger partial charge in [0, 0.05) is 31.2 Å². The summed E-state index contributed by atoms with van der Waals surface area (Å²) in [5, 5.41) is 4.62. The summed E-state index contributed by atoms with van der Waals surface area (Å²) in [5.41, 5.74) is 5.03. The molecular weight excluding hydrogens is 250 g/mol. The van der Waals surface area contributed by atoms with Crippen LogP contribution in [-0.2, 0) is 13.5 Å². The zero-order valence-electron chi connectivity index (χ0n) is 10.2. The minimum absolute atomic E-state index is 0.0559. The molecule has 2 aromatic rings. The normalized spacial score (nSPS) is 12.6. The average molecular weight is 266 g/mol. The maximum Gasteiger partial charge on any atom is 0.129 e. The van der Waals surface area contributed by atoms with Crippen LogP contribution in [0.1, 0.15) is 23.7 Å². The average Bonchev–Trinajstić information content (AvgIpc) is 2.76. The number of aromatic nitrogens is 3. The lowest BCUT2D eigenvalue weighted by molar-refractivity contribution is 0.506. The van der Waals surface area contributed by atoms with Gasteiger partial charge in [0.1, 0.15) is 5.15 Å². The lowest BCUT2D eigenvalue weighted by Gasteiger charge is -2.16. The molecule has 0 aliphatic heterocycles. The topological polar surface area (TPSA) is 68.8 Å². The predicted octanol–water partition coefficient (Wildman–Crippen LogP) is 1.61. The van der Waals surface area contributed by atoms with Gasteiger partial charge in [0.15, 0.2) is 0 Å². The van der Waals surface area contributed by atoms with Crippen molar-refractivity contribution in [3.8, 4) is 0 Å². The number of hydrazine groups is 1. The summed E-state index contributed by atoms with van der Waals surface area (Å²) >= 11 is 5.88. The van der Waals surface area contributed by atoms with E-state index in [1.54, 1.807) is 12.4 Å². The Bertz CT molecular complexity index is 511. The summed E-state index contributed by atoms with van der Waals surface area (Å²) in [7, 11) is 1.93. The predicted molar refractivity (Wildman–Crippen MR) is 70.8 cm³/mol. The minimum atomic E-state index is 0.0559. The summed E-state index contributed by atoms with van der Waals surface area (Å²) in [5.74, 6) is 5.60. The van der Waals surface area contributed by atoms with Gasteiger partial charge in [-0.1, -0.05) is 11.6 Å². The fourth-order valence-electron chi connectivity index (χ4n) is 1.92. The van der Waals surface area contributed by atoms with Crippen molar-refractivity contribution < 1.29 is 0 Å². The van der Waals surface area contributed by atoms with E-state index in [1.807, 2.05) is 29.9 Å². The van der Waals surface area contributed by atoms with Crippen molar-refractivity contribution in [1.29, 1.82) is 0 Å². The van der Waals surface area contributed by atoms with Crippen LogP contribution in [0.4, 0.5) is 0 Å². The van der Waals surface area contributed by atoms with Crippen LogP contribution < -0.4 is 11.3 Å². The number of aryl methyl sites for hydroxylation is 2.